The first kappa shape index (κ1) is 15.4. The molecule has 2 rings (SSSR count). The van der Waals surface area contributed by atoms with Crippen molar-refractivity contribution in [1.82, 2.24) is 0 Å². The summed E-state index contributed by atoms with van der Waals surface area (Å²) in [6.45, 7) is 8.26. The average molecular weight is 312 g/mol. The summed E-state index contributed by atoms with van der Waals surface area (Å²) in [4.78, 5) is 0.276. The zero-order valence-corrected chi connectivity index (χ0v) is 13.8. The Kier molecular flexibility index (Phi) is 4.44. The molecule has 1 aliphatic heterocycles. The first-order valence-electron chi connectivity index (χ1n) is 6.68. The molecule has 0 amide bonds. The van der Waals surface area contributed by atoms with E-state index >= 15 is 0 Å². The van der Waals surface area contributed by atoms with Crippen molar-refractivity contribution in [3.05, 3.63) is 23.8 Å². The lowest BCUT2D eigenvalue weighted by molar-refractivity contribution is 0.597. The van der Waals surface area contributed by atoms with Gasteiger partial charge in [0, 0.05) is 5.75 Å². The van der Waals surface area contributed by atoms with Crippen molar-refractivity contribution in [1.29, 1.82) is 0 Å². The highest BCUT2D eigenvalue weighted by molar-refractivity contribution is 8.14. The van der Waals surface area contributed by atoms with Crippen LogP contribution >= 0.6 is 11.8 Å². The van der Waals surface area contributed by atoms with Gasteiger partial charge < -0.3 is 5.32 Å². The Morgan fingerprint density at radius 3 is 2.55 bits per heavy atom. The number of rotatable bonds is 3. The summed E-state index contributed by atoms with van der Waals surface area (Å²) >= 11 is 1.44. The molecule has 1 aromatic rings. The molecule has 1 N–H and O–H groups in total. The molecule has 0 atom stereocenters. The highest BCUT2D eigenvalue weighted by atomic mass is 32.2. The Labute approximate surface area is 125 Å². The van der Waals surface area contributed by atoms with E-state index in [0.717, 1.165) is 11.3 Å². The zero-order chi connectivity index (χ0) is 14.9. The lowest BCUT2D eigenvalue weighted by atomic mass is 10.0. The molecule has 0 saturated carbocycles. The van der Waals surface area contributed by atoms with Crippen LogP contribution in [0.25, 0.3) is 0 Å². The topological polar surface area (TPSA) is 58.5 Å². The van der Waals surface area contributed by atoms with Crippen LogP contribution < -0.4 is 5.32 Å². The monoisotopic (exact) mass is 312 g/mol. The van der Waals surface area contributed by atoms with Crippen LogP contribution in [-0.4, -0.2) is 19.3 Å². The molecule has 0 fully saturated rings. The minimum atomic E-state index is -3.59. The fourth-order valence-electron chi connectivity index (χ4n) is 1.82. The van der Waals surface area contributed by atoms with E-state index in [1.165, 1.54) is 11.8 Å². The van der Waals surface area contributed by atoms with Gasteiger partial charge in [0.25, 0.3) is 10.0 Å². The summed E-state index contributed by atoms with van der Waals surface area (Å²) in [7, 11) is -3.59. The maximum Gasteiger partial charge on any atom is 0.286 e. The van der Waals surface area contributed by atoms with Crippen molar-refractivity contribution in [2.24, 2.45) is 10.3 Å². The molecule has 0 saturated heterocycles. The van der Waals surface area contributed by atoms with Crippen LogP contribution in [0.5, 0.6) is 0 Å². The van der Waals surface area contributed by atoms with Crippen LogP contribution in [0.2, 0.25) is 0 Å². The van der Waals surface area contributed by atoms with Crippen molar-refractivity contribution in [3.63, 3.8) is 0 Å². The van der Waals surface area contributed by atoms with Gasteiger partial charge in [-0.1, -0.05) is 45.5 Å². The predicted molar refractivity (Wildman–Crippen MR) is 86.1 cm³/mol. The van der Waals surface area contributed by atoms with E-state index in [2.05, 4.69) is 23.6 Å². The first-order valence-corrected chi connectivity index (χ1v) is 9.11. The Balaban J connectivity index is 2.34. The first-order chi connectivity index (χ1) is 9.29. The number of hydrogen-bond donors (Lipinski definition) is 1. The van der Waals surface area contributed by atoms with E-state index < -0.39 is 10.0 Å². The van der Waals surface area contributed by atoms with Crippen LogP contribution in [0.15, 0.2) is 27.5 Å². The quantitative estimate of drug-likeness (QED) is 0.925. The SMILES string of the molecule is CC(C)CSC1=NS(=O)(=O)c2cc(C(C)C)ccc2N1. The summed E-state index contributed by atoms with van der Waals surface area (Å²) in [5, 5.41) is 3.57. The fraction of sp³-hybridized carbons (Fsp3) is 0.500. The summed E-state index contributed by atoms with van der Waals surface area (Å²) in [5.74, 6) is 1.61. The van der Waals surface area contributed by atoms with Crippen LogP contribution in [0.3, 0.4) is 0 Å². The number of sulfonamides is 1. The largest absolute Gasteiger partial charge is 0.333 e. The lowest BCUT2D eigenvalue weighted by Gasteiger charge is -2.19. The number of thioether (sulfide) groups is 1. The van der Waals surface area contributed by atoms with Crippen molar-refractivity contribution < 1.29 is 8.42 Å². The van der Waals surface area contributed by atoms with Crippen molar-refractivity contribution in [2.75, 3.05) is 11.1 Å². The maximum atomic E-state index is 12.3. The van der Waals surface area contributed by atoms with Crippen molar-refractivity contribution in [3.8, 4) is 0 Å². The molecule has 6 heteroatoms. The fourth-order valence-corrected chi connectivity index (χ4v) is 4.04. The van der Waals surface area contributed by atoms with Gasteiger partial charge in [-0.2, -0.15) is 8.42 Å². The number of benzene rings is 1. The summed E-state index contributed by atoms with van der Waals surface area (Å²) in [5.41, 5.74) is 1.62. The number of fused-ring (bicyclic) bond motifs is 1. The molecule has 0 radical (unpaired) electrons. The number of anilines is 1. The molecule has 0 spiro atoms. The summed E-state index contributed by atoms with van der Waals surface area (Å²) in [6, 6.07) is 5.50. The van der Waals surface area contributed by atoms with Gasteiger partial charge in [0.1, 0.15) is 4.90 Å². The highest BCUT2D eigenvalue weighted by Gasteiger charge is 2.25. The summed E-state index contributed by atoms with van der Waals surface area (Å²) < 4.78 is 28.4. The molecule has 1 aromatic carbocycles. The number of amidine groups is 1. The van der Waals surface area contributed by atoms with E-state index in [-0.39, 0.29) is 10.8 Å². The van der Waals surface area contributed by atoms with Gasteiger partial charge in [0.15, 0.2) is 5.17 Å². The van der Waals surface area contributed by atoms with Crippen molar-refractivity contribution >= 4 is 32.6 Å². The molecular weight excluding hydrogens is 292 g/mol. The third-order valence-electron chi connectivity index (χ3n) is 2.95. The zero-order valence-electron chi connectivity index (χ0n) is 12.2. The van der Waals surface area contributed by atoms with Crippen LogP contribution in [0, 0.1) is 5.92 Å². The molecule has 0 bridgehead atoms. The van der Waals surface area contributed by atoms with Gasteiger partial charge >= 0.3 is 0 Å². The minimum Gasteiger partial charge on any atom is -0.333 e. The van der Waals surface area contributed by atoms with E-state index in [0.29, 0.717) is 16.8 Å². The standard InChI is InChI=1S/C14H20N2O2S2/c1-9(2)8-19-14-15-12-6-5-11(10(3)4)7-13(12)20(17,18)16-14/h5-7,9-10H,8H2,1-4H3,(H,15,16). The Morgan fingerprint density at radius 2 is 1.95 bits per heavy atom. The molecule has 4 nitrogen and oxygen atoms in total. The molecule has 20 heavy (non-hydrogen) atoms. The van der Waals surface area contributed by atoms with Gasteiger partial charge in [-0.15, -0.1) is 4.40 Å². The third kappa shape index (κ3) is 3.35. The van der Waals surface area contributed by atoms with Gasteiger partial charge in [-0.3, -0.25) is 0 Å². The van der Waals surface area contributed by atoms with Crippen LogP contribution in [0.1, 0.15) is 39.2 Å². The van der Waals surface area contributed by atoms with Crippen LogP contribution in [0.4, 0.5) is 5.69 Å². The third-order valence-corrected chi connectivity index (χ3v) is 5.68. The molecule has 0 aromatic heterocycles. The molecule has 1 heterocycles. The molecular formula is C14H20N2O2S2. The number of nitrogens with one attached hydrogen (secondary N) is 1. The van der Waals surface area contributed by atoms with Gasteiger partial charge in [0.2, 0.25) is 0 Å². The van der Waals surface area contributed by atoms with Crippen LogP contribution in [-0.2, 0) is 10.0 Å². The molecule has 1 aliphatic rings. The predicted octanol–water partition coefficient (Wildman–Crippen LogP) is 3.67. The summed E-state index contributed by atoms with van der Waals surface area (Å²) in [6.07, 6.45) is 0. The van der Waals surface area contributed by atoms with Crippen molar-refractivity contribution in [2.45, 2.75) is 38.5 Å². The second-order valence-corrected chi connectivity index (χ2v) is 8.19. The Bertz CT molecular complexity index is 635. The second kappa shape index (κ2) is 5.77. The maximum absolute atomic E-state index is 12.3. The van der Waals surface area contributed by atoms with E-state index in [4.69, 9.17) is 0 Å². The average Bonchev–Trinajstić information content (AvgIpc) is 2.35. The second-order valence-electron chi connectivity index (χ2n) is 5.61. The van der Waals surface area contributed by atoms with Gasteiger partial charge in [-0.05, 0) is 29.5 Å². The number of hydrogen-bond acceptors (Lipinski definition) is 4. The Hall–Kier alpha value is -1.01. The molecule has 110 valence electrons. The highest BCUT2D eigenvalue weighted by Crippen LogP contribution is 2.32. The molecule has 0 aliphatic carbocycles. The van der Waals surface area contributed by atoms with E-state index in [1.807, 2.05) is 26.0 Å². The minimum absolute atomic E-state index is 0.276. The van der Waals surface area contributed by atoms with E-state index in [1.54, 1.807) is 6.07 Å². The van der Waals surface area contributed by atoms with E-state index in [9.17, 15) is 8.42 Å². The lowest BCUT2D eigenvalue weighted by Crippen LogP contribution is -2.20. The normalized spacial score (nSPS) is 16.8. The smallest absolute Gasteiger partial charge is 0.286 e. The van der Waals surface area contributed by atoms with Gasteiger partial charge in [0.05, 0.1) is 5.69 Å². The Morgan fingerprint density at radius 1 is 1.25 bits per heavy atom. The number of nitrogens with zero attached hydrogens (tertiary/aromatic N) is 1. The molecule has 0 unspecified atom stereocenters. The van der Waals surface area contributed by atoms with Gasteiger partial charge in [-0.25, -0.2) is 0 Å².